The molecule has 0 amide bonds. The van der Waals surface area contributed by atoms with Crippen molar-refractivity contribution in [3.05, 3.63) is 33.4 Å². The quantitative estimate of drug-likeness (QED) is 0.618. The Morgan fingerprint density at radius 2 is 1.87 bits per heavy atom. The standard InChI is InChI=1S/C17H24N2O4/c1-10-6-7-13(19(20)21)15-14(10)16(17(4,5)23-15)18-8-11(2)22-12(3)9-18/h6-7,11-12,16H,8-9H2,1-5H3/t11-,12-,16+/m0/s1. The van der Waals surface area contributed by atoms with Crippen LogP contribution in [0.1, 0.15) is 44.9 Å². The topological polar surface area (TPSA) is 64.8 Å². The van der Waals surface area contributed by atoms with Gasteiger partial charge in [0.15, 0.2) is 0 Å². The van der Waals surface area contributed by atoms with Gasteiger partial charge in [-0.25, -0.2) is 0 Å². The number of nitro benzene ring substituents is 1. The molecule has 2 aliphatic heterocycles. The van der Waals surface area contributed by atoms with Crippen LogP contribution in [-0.2, 0) is 4.74 Å². The van der Waals surface area contributed by atoms with Gasteiger partial charge in [-0.05, 0) is 40.2 Å². The molecule has 1 aromatic carbocycles. The van der Waals surface area contributed by atoms with Crippen molar-refractivity contribution in [1.82, 2.24) is 4.90 Å². The van der Waals surface area contributed by atoms with Crippen LogP contribution in [0.2, 0.25) is 0 Å². The van der Waals surface area contributed by atoms with Gasteiger partial charge >= 0.3 is 5.69 Å². The highest BCUT2D eigenvalue weighted by Gasteiger charge is 2.49. The average molecular weight is 320 g/mol. The molecule has 3 atom stereocenters. The minimum atomic E-state index is -0.518. The third kappa shape index (κ3) is 2.70. The predicted octanol–water partition coefficient (Wildman–Crippen LogP) is 3.22. The first-order chi connectivity index (χ1) is 10.7. The van der Waals surface area contributed by atoms with Gasteiger partial charge in [0.05, 0.1) is 23.2 Å². The Labute approximate surface area is 136 Å². The van der Waals surface area contributed by atoms with Crippen LogP contribution in [0.25, 0.3) is 0 Å². The van der Waals surface area contributed by atoms with Crippen LogP contribution in [0, 0.1) is 17.0 Å². The molecule has 1 aromatic rings. The highest BCUT2D eigenvalue weighted by atomic mass is 16.6. The third-order valence-corrected chi connectivity index (χ3v) is 4.70. The van der Waals surface area contributed by atoms with E-state index in [1.165, 1.54) is 6.07 Å². The molecule has 1 fully saturated rings. The summed E-state index contributed by atoms with van der Waals surface area (Å²) in [6.45, 7) is 11.7. The van der Waals surface area contributed by atoms with Crippen molar-refractivity contribution in [3.8, 4) is 5.75 Å². The fourth-order valence-electron chi connectivity index (χ4n) is 3.99. The molecule has 0 N–H and O–H groups in total. The smallest absolute Gasteiger partial charge is 0.311 e. The summed E-state index contributed by atoms with van der Waals surface area (Å²) in [5, 5.41) is 11.4. The first kappa shape index (κ1) is 16.2. The maximum absolute atomic E-state index is 11.4. The SMILES string of the molecule is Cc1ccc([N+](=O)[O-])c2c1[C@@H](N1C[C@H](C)O[C@@H](C)C1)C(C)(C)O2. The number of fused-ring (bicyclic) bond motifs is 1. The zero-order chi connectivity index (χ0) is 16.9. The first-order valence-electron chi connectivity index (χ1n) is 8.07. The van der Waals surface area contributed by atoms with Gasteiger partial charge in [0.25, 0.3) is 0 Å². The molecule has 0 spiro atoms. The van der Waals surface area contributed by atoms with Crippen LogP contribution in [0.3, 0.4) is 0 Å². The van der Waals surface area contributed by atoms with Crippen LogP contribution in [0.5, 0.6) is 5.75 Å². The van der Waals surface area contributed by atoms with Crippen molar-refractivity contribution in [2.75, 3.05) is 13.1 Å². The zero-order valence-electron chi connectivity index (χ0n) is 14.3. The number of rotatable bonds is 2. The molecule has 1 saturated heterocycles. The number of nitro groups is 1. The normalized spacial score (nSPS) is 29.9. The Morgan fingerprint density at radius 1 is 1.26 bits per heavy atom. The van der Waals surface area contributed by atoms with Crippen LogP contribution < -0.4 is 4.74 Å². The number of hydrogen-bond acceptors (Lipinski definition) is 5. The first-order valence-corrected chi connectivity index (χ1v) is 8.07. The predicted molar refractivity (Wildman–Crippen MR) is 86.9 cm³/mol. The molecule has 2 aliphatic rings. The molecule has 23 heavy (non-hydrogen) atoms. The minimum Gasteiger partial charge on any atom is -0.479 e. The van der Waals surface area contributed by atoms with Crippen molar-refractivity contribution in [1.29, 1.82) is 0 Å². The number of nitrogens with zero attached hydrogens (tertiary/aromatic N) is 2. The van der Waals surface area contributed by atoms with E-state index in [0.717, 1.165) is 24.2 Å². The highest BCUT2D eigenvalue weighted by Crippen LogP contribution is 2.52. The van der Waals surface area contributed by atoms with Crippen molar-refractivity contribution in [2.45, 2.75) is 58.5 Å². The molecule has 6 nitrogen and oxygen atoms in total. The maximum atomic E-state index is 11.4. The van der Waals surface area contributed by atoms with E-state index in [4.69, 9.17) is 9.47 Å². The Bertz CT molecular complexity index is 634. The van der Waals surface area contributed by atoms with E-state index >= 15 is 0 Å². The second kappa shape index (κ2) is 5.46. The Morgan fingerprint density at radius 3 is 2.43 bits per heavy atom. The molecule has 126 valence electrons. The molecule has 0 unspecified atom stereocenters. The number of morpholine rings is 1. The molecule has 6 heteroatoms. The van der Waals surface area contributed by atoms with Crippen molar-refractivity contribution >= 4 is 5.69 Å². The molecule has 0 aliphatic carbocycles. The van der Waals surface area contributed by atoms with Crippen molar-refractivity contribution in [3.63, 3.8) is 0 Å². The summed E-state index contributed by atoms with van der Waals surface area (Å²) in [6, 6.07) is 3.35. The Balaban J connectivity index is 2.09. The number of ether oxygens (including phenoxy) is 2. The second-order valence-corrected chi connectivity index (χ2v) is 7.22. The van der Waals surface area contributed by atoms with E-state index in [-0.39, 0.29) is 28.9 Å². The van der Waals surface area contributed by atoms with Crippen LogP contribution >= 0.6 is 0 Å². The van der Waals surface area contributed by atoms with Gasteiger partial charge in [0, 0.05) is 24.7 Å². The summed E-state index contributed by atoms with van der Waals surface area (Å²) < 4.78 is 11.9. The van der Waals surface area contributed by atoms with Gasteiger partial charge < -0.3 is 9.47 Å². The lowest BCUT2D eigenvalue weighted by Crippen LogP contribution is -2.51. The Hall–Kier alpha value is -1.66. The molecule has 0 bridgehead atoms. The van der Waals surface area contributed by atoms with E-state index in [1.807, 2.05) is 26.8 Å². The van der Waals surface area contributed by atoms with E-state index < -0.39 is 5.60 Å². The fraction of sp³-hybridized carbons (Fsp3) is 0.647. The lowest BCUT2D eigenvalue weighted by Gasteiger charge is -2.42. The van der Waals surface area contributed by atoms with Gasteiger partial charge in [-0.2, -0.15) is 0 Å². The van der Waals surface area contributed by atoms with Crippen LogP contribution in [0.4, 0.5) is 5.69 Å². The summed E-state index contributed by atoms with van der Waals surface area (Å²) in [5.41, 5.74) is 1.52. The van der Waals surface area contributed by atoms with Gasteiger partial charge in [0.1, 0.15) is 5.60 Å². The monoisotopic (exact) mass is 320 g/mol. The lowest BCUT2D eigenvalue weighted by atomic mass is 9.89. The molecule has 0 aromatic heterocycles. The van der Waals surface area contributed by atoms with Gasteiger partial charge in [-0.1, -0.05) is 6.07 Å². The van der Waals surface area contributed by atoms with E-state index in [0.29, 0.717) is 5.75 Å². The second-order valence-electron chi connectivity index (χ2n) is 7.22. The largest absolute Gasteiger partial charge is 0.479 e. The van der Waals surface area contributed by atoms with Crippen molar-refractivity contribution < 1.29 is 14.4 Å². The summed E-state index contributed by atoms with van der Waals surface area (Å²) >= 11 is 0. The van der Waals surface area contributed by atoms with Gasteiger partial charge in [-0.3, -0.25) is 15.0 Å². The number of aryl methyl sites for hydroxylation is 1. The minimum absolute atomic E-state index is 0.00815. The van der Waals surface area contributed by atoms with Gasteiger partial charge in [-0.15, -0.1) is 0 Å². The Kier molecular flexibility index (Phi) is 3.84. The van der Waals surface area contributed by atoms with E-state index in [9.17, 15) is 10.1 Å². The molecule has 2 heterocycles. The third-order valence-electron chi connectivity index (χ3n) is 4.70. The van der Waals surface area contributed by atoms with E-state index in [2.05, 4.69) is 18.7 Å². The summed E-state index contributed by atoms with van der Waals surface area (Å²) in [4.78, 5) is 13.4. The molecular weight excluding hydrogens is 296 g/mol. The van der Waals surface area contributed by atoms with E-state index in [1.54, 1.807) is 0 Å². The molecule has 3 rings (SSSR count). The van der Waals surface area contributed by atoms with Gasteiger partial charge in [0.2, 0.25) is 5.75 Å². The molecular formula is C17H24N2O4. The lowest BCUT2D eigenvalue weighted by molar-refractivity contribution is -0.386. The zero-order valence-corrected chi connectivity index (χ0v) is 14.3. The summed E-state index contributed by atoms with van der Waals surface area (Å²) in [5.74, 6) is 0.428. The number of benzene rings is 1. The van der Waals surface area contributed by atoms with Crippen molar-refractivity contribution in [2.24, 2.45) is 0 Å². The van der Waals surface area contributed by atoms with Crippen LogP contribution in [0.15, 0.2) is 12.1 Å². The fourth-order valence-corrected chi connectivity index (χ4v) is 3.99. The molecule has 0 radical (unpaired) electrons. The maximum Gasteiger partial charge on any atom is 0.311 e. The molecule has 0 saturated carbocycles. The summed E-state index contributed by atoms with van der Waals surface area (Å²) in [6.07, 6.45) is 0.273. The highest BCUT2D eigenvalue weighted by molar-refractivity contribution is 5.59. The number of hydrogen-bond donors (Lipinski definition) is 0. The average Bonchev–Trinajstić information content (AvgIpc) is 2.69. The summed E-state index contributed by atoms with van der Waals surface area (Å²) in [7, 11) is 0. The van der Waals surface area contributed by atoms with Crippen LogP contribution in [-0.4, -0.2) is 40.7 Å².